The molecule has 0 saturated carbocycles. The van der Waals surface area contributed by atoms with Crippen LogP contribution in [0.15, 0.2) is 47.1 Å². The Morgan fingerprint density at radius 1 is 1.11 bits per heavy atom. The van der Waals surface area contributed by atoms with E-state index in [1.54, 1.807) is 0 Å². The van der Waals surface area contributed by atoms with Crippen molar-refractivity contribution < 1.29 is 8.42 Å². The van der Waals surface area contributed by atoms with Crippen LogP contribution in [0.2, 0.25) is 0 Å². The Morgan fingerprint density at radius 2 is 1.84 bits per heavy atom. The van der Waals surface area contributed by atoms with Gasteiger partial charge in [0.1, 0.15) is 6.33 Å². The van der Waals surface area contributed by atoms with E-state index in [9.17, 15) is 8.42 Å². The minimum Gasteiger partial charge on any atom is -0.235 e. The first kappa shape index (κ1) is 12.3. The van der Waals surface area contributed by atoms with Crippen molar-refractivity contribution in [2.45, 2.75) is 5.03 Å². The second kappa shape index (κ2) is 4.40. The average molecular weight is 290 g/mol. The molecule has 0 N–H and O–H groups in total. The summed E-state index contributed by atoms with van der Waals surface area (Å²) in [7, 11) is -3.34. The Balaban J connectivity index is 2.32. The fraction of sp³-hybridized carbons (Fsp3) is 0.0769. The molecule has 3 aromatic rings. The lowest BCUT2D eigenvalue weighted by molar-refractivity contribution is 0.599. The minimum atomic E-state index is -3.34. The molecule has 0 unspecified atom stereocenters. The molecular formula is C13H10N2O2S2. The van der Waals surface area contributed by atoms with Gasteiger partial charge in [-0.25, -0.2) is 18.4 Å². The van der Waals surface area contributed by atoms with Gasteiger partial charge in [0.2, 0.25) is 0 Å². The van der Waals surface area contributed by atoms with E-state index < -0.39 is 9.84 Å². The van der Waals surface area contributed by atoms with E-state index in [-0.39, 0.29) is 5.03 Å². The van der Waals surface area contributed by atoms with Crippen LogP contribution >= 0.6 is 11.3 Å². The number of fused-ring (bicyclic) bond motifs is 1. The summed E-state index contributed by atoms with van der Waals surface area (Å²) in [6, 6.07) is 9.78. The Kier molecular flexibility index (Phi) is 2.83. The summed E-state index contributed by atoms with van der Waals surface area (Å²) in [5.74, 6) is 0. The number of thiophene rings is 1. The highest BCUT2D eigenvalue weighted by atomic mass is 32.2. The Labute approximate surface area is 114 Å². The highest BCUT2D eigenvalue weighted by Gasteiger charge is 2.18. The van der Waals surface area contributed by atoms with Crippen LogP contribution in [0.5, 0.6) is 0 Å². The van der Waals surface area contributed by atoms with Gasteiger partial charge in [0.15, 0.2) is 14.9 Å². The molecule has 0 saturated heterocycles. The lowest BCUT2D eigenvalue weighted by Crippen LogP contribution is -2.00. The molecular weight excluding hydrogens is 280 g/mol. The monoisotopic (exact) mass is 290 g/mol. The van der Waals surface area contributed by atoms with Gasteiger partial charge in [-0.05, 0) is 5.56 Å². The van der Waals surface area contributed by atoms with Gasteiger partial charge >= 0.3 is 0 Å². The molecule has 96 valence electrons. The third-order valence-corrected chi connectivity index (χ3v) is 4.87. The van der Waals surface area contributed by atoms with Crippen molar-refractivity contribution in [3.63, 3.8) is 0 Å². The molecule has 0 bridgehead atoms. The third kappa shape index (κ3) is 2.13. The van der Waals surface area contributed by atoms with Crippen LogP contribution in [-0.2, 0) is 9.84 Å². The summed E-state index contributed by atoms with van der Waals surface area (Å²) < 4.78 is 24.0. The predicted molar refractivity (Wildman–Crippen MR) is 76.0 cm³/mol. The standard InChI is InChI=1S/C13H10N2O2S2/c1-19(16,17)13-12-11(14-8-15-13)10(7-18-12)9-5-3-2-4-6-9/h2-8H,1H3. The number of sulfone groups is 1. The molecule has 0 aliphatic heterocycles. The van der Waals surface area contributed by atoms with Gasteiger partial charge in [0.05, 0.1) is 10.2 Å². The summed E-state index contributed by atoms with van der Waals surface area (Å²) in [6.45, 7) is 0. The van der Waals surface area contributed by atoms with Gasteiger partial charge in [-0.1, -0.05) is 30.3 Å². The molecule has 0 aliphatic carbocycles. The average Bonchev–Trinajstić information content (AvgIpc) is 2.82. The van der Waals surface area contributed by atoms with E-state index in [1.165, 1.54) is 17.7 Å². The predicted octanol–water partition coefficient (Wildman–Crippen LogP) is 2.76. The van der Waals surface area contributed by atoms with Gasteiger partial charge in [-0.2, -0.15) is 0 Å². The molecule has 0 radical (unpaired) electrons. The van der Waals surface area contributed by atoms with Crippen molar-refractivity contribution in [2.75, 3.05) is 6.26 Å². The minimum absolute atomic E-state index is 0.102. The van der Waals surface area contributed by atoms with Crippen LogP contribution in [0.3, 0.4) is 0 Å². The smallest absolute Gasteiger partial charge is 0.194 e. The van der Waals surface area contributed by atoms with Crippen LogP contribution in [0.4, 0.5) is 0 Å². The number of rotatable bonds is 2. The van der Waals surface area contributed by atoms with E-state index >= 15 is 0 Å². The second-order valence-electron chi connectivity index (χ2n) is 4.14. The van der Waals surface area contributed by atoms with Crippen LogP contribution in [0.25, 0.3) is 21.3 Å². The highest BCUT2D eigenvalue weighted by molar-refractivity contribution is 7.91. The van der Waals surface area contributed by atoms with Crippen molar-refractivity contribution in [2.24, 2.45) is 0 Å². The summed E-state index contributed by atoms with van der Waals surface area (Å²) in [5.41, 5.74) is 2.64. The van der Waals surface area contributed by atoms with Crippen LogP contribution < -0.4 is 0 Å². The summed E-state index contributed by atoms with van der Waals surface area (Å²) in [6.07, 6.45) is 2.47. The molecule has 1 aromatic carbocycles. The Morgan fingerprint density at radius 3 is 2.53 bits per heavy atom. The molecule has 2 aromatic heterocycles. The van der Waals surface area contributed by atoms with Gasteiger partial charge in [-0.3, -0.25) is 0 Å². The number of hydrogen-bond donors (Lipinski definition) is 0. The number of aromatic nitrogens is 2. The maximum Gasteiger partial charge on any atom is 0.194 e. The van der Waals surface area contributed by atoms with Crippen molar-refractivity contribution in [3.05, 3.63) is 42.0 Å². The molecule has 0 spiro atoms. The van der Waals surface area contributed by atoms with Crippen molar-refractivity contribution >= 4 is 31.4 Å². The second-order valence-corrected chi connectivity index (χ2v) is 6.95. The van der Waals surface area contributed by atoms with Crippen LogP contribution in [-0.4, -0.2) is 24.6 Å². The number of benzene rings is 1. The Bertz CT molecular complexity index is 839. The van der Waals surface area contributed by atoms with E-state index in [0.717, 1.165) is 17.4 Å². The van der Waals surface area contributed by atoms with E-state index in [2.05, 4.69) is 9.97 Å². The molecule has 0 fully saturated rings. The van der Waals surface area contributed by atoms with Crippen molar-refractivity contribution in [1.82, 2.24) is 9.97 Å². The molecule has 6 heteroatoms. The molecule has 0 atom stereocenters. The quantitative estimate of drug-likeness (QED) is 0.681. The summed E-state index contributed by atoms with van der Waals surface area (Å²) in [4.78, 5) is 8.12. The zero-order valence-corrected chi connectivity index (χ0v) is 11.7. The lowest BCUT2D eigenvalue weighted by atomic mass is 10.1. The maximum atomic E-state index is 11.7. The molecule has 19 heavy (non-hydrogen) atoms. The number of nitrogens with zero attached hydrogens (tertiary/aromatic N) is 2. The molecule has 0 amide bonds. The summed E-state index contributed by atoms with van der Waals surface area (Å²) in [5, 5.41) is 2.02. The van der Waals surface area contributed by atoms with E-state index in [0.29, 0.717) is 10.2 Å². The van der Waals surface area contributed by atoms with Crippen LogP contribution in [0.1, 0.15) is 0 Å². The topological polar surface area (TPSA) is 59.9 Å². The molecule has 4 nitrogen and oxygen atoms in total. The largest absolute Gasteiger partial charge is 0.235 e. The first-order valence-corrected chi connectivity index (χ1v) is 8.32. The van der Waals surface area contributed by atoms with Gasteiger partial charge in [0, 0.05) is 17.2 Å². The van der Waals surface area contributed by atoms with E-state index in [1.807, 2.05) is 35.7 Å². The van der Waals surface area contributed by atoms with Crippen molar-refractivity contribution in [3.8, 4) is 11.1 Å². The zero-order valence-electron chi connectivity index (χ0n) is 10.1. The molecule has 3 rings (SSSR count). The Hall–Kier alpha value is -1.79. The van der Waals surface area contributed by atoms with Gasteiger partial charge < -0.3 is 0 Å². The normalized spacial score (nSPS) is 11.8. The summed E-state index contributed by atoms with van der Waals surface area (Å²) >= 11 is 1.36. The van der Waals surface area contributed by atoms with Crippen LogP contribution in [0, 0.1) is 0 Å². The van der Waals surface area contributed by atoms with E-state index in [4.69, 9.17) is 0 Å². The SMILES string of the molecule is CS(=O)(=O)c1ncnc2c(-c3ccccc3)csc12. The lowest BCUT2D eigenvalue weighted by Gasteiger charge is -2.00. The first-order valence-electron chi connectivity index (χ1n) is 5.55. The third-order valence-electron chi connectivity index (χ3n) is 2.76. The fourth-order valence-corrected chi connectivity index (χ4v) is 4.10. The van der Waals surface area contributed by atoms with Crippen molar-refractivity contribution in [1.29, 1.82) is 0 Å². The highest BCUT2D eigenvalue weighted by Crippen LogP contribution is 2.34. The van der Waals surface area contributed by atoms with Gasteiger partial charge in [-0.15, -0.1) is 11.3 Å². The molecule has 2 heterocycles. The fourth-order valence-electron chi connectivity index (χ4n) is 1.92. The number of hydrogen-bond acceptors (Lipinski definition) is 5. The first-order chi connectivity index (χ1) is 9.07. The van der Waals surface area contributed by atoms with Gasteiger partial charge in [0.25, 0.3) is 0 Å². The maximum absolute atomic E-state index is 11.7. The molecule has 0 aliphatic rings. The zero-order chi connectivity index (χ0) is 13.5.